The highest BCUT2D eigenvalue weighted by Gasteiger charge is 2.28. The predicted octanol–water partition coefficient (Wildman–Crippen LogP) is 22.2. The van der Waals surface area contributed by atoms with Gasteiger partial charge in [-0.15, -0.1) is 0 Å². The third-order valence-corrected chi connectivity index (χ3v) is 16.7. The molecule has 8 nitrogen and oxygen atoms in total. The van der Waals surface area contributed by atoms with Gasteiger partial charge < -0.3 is 19.8 Å². The van der Waals surface area contributed by atoms with Crippen molar-refractivity contribution < 1.29 is 32.9 Å². The number of aliphatic hydroxyl groups excluding tert-OH is 1. The Morgan fingerprint density at radius 1 is 0.432 bits per heavy atom. The van der Waals surface area contributed by atoms with Gasteiger partial charge in [-0.25, -0.2) is 4.57 Å². The average molecular weight is 1160 g/mol. The van der Waals surface area contributed by atoms with Crippen LogP contribution < -0.4 is 5.32 Å². The molecule has 0 aromatic rings. The molecule has 9 heteroatoms. The average Bonchev–Trinajstić information content (AvgIpc) is 3.43. The molecule has 0 fully saturated rings. The summed E-state index contributed by atoms with van der Waals surface area (Å²) in [6.45, 7) is 4.75. The van der Waals surface area contributed by atoms with Crippen LogP contribution in [-0.2, 0) is 18.4 Å². The van der Waals surface area contributed by atoms with Crippen LogP contribution in [0.2, 0.25) is 0 Å². The van der Waals surface area contributed by atoms with E-state index in [-0.39, 0.29) is 19.1 Å². The van der Waals surface area contributed by atoms with Gasteiger partial charge in [-0.1, -0.05) is 331 Å². The number of allylic oxidation sites excluding steroid dienone is 11. The molecule has 0 rings (SSSR count). The minimum atomic E-state index is -4.36. The number of phosphoric ester groups is 1. The Morgan fingerprint density at radius 2 is 0.741 bits per heavy atom. The molecular formula is C72H136N2O6P+. The van der Waals surface area contributed by atoms with Crippen molar-refractivity contribution >= 4 is 13.7 Å². The first kappa shape index (κ1) is 78.9. The first-order valence-electron chi connectivity index (χ1n) is 34.8. The standard InChI is InChI=1S/C72H135N2O6P/c1-6-8-10-12-14-16-18-20-22-24-26-28-30-32-34-35-36-37-38-39-40-42-44-46-48-50-52-54-56-58-60-62-64-66-72(76)73-70(69-80-81(77,78)79-68-67-74(3,4)5)71(75)65-63-61-59-57-55-53-51-49-47-45-43-41-33-31-29-27-25-23-21-19-17-15-13-11-9-7-2/h8,10,14,16,20,22,26,28,32,34,63,65,70-71,75H,6-7,9,11-13,15,17-19,21,23-25,27,29-31,33,35-62,64,66-69H2,1-5H3,(H-,73,76,77,78)/p+1/b10-8-,16-14-,22-20-,28-26-,34-32-,65-63+. The summed E-state index contributed by atoms with van der Waals surface area (Å²) in [5.41, 5.74) is 0. The summed E-state index contributed by atoms with van der Waals surface area (Å²) in [6, 6.07) is -0.850. The van der Waals surface area contributed by atoms with E-state index in [4.69, 9.17) is 9.05 Å². The molecule has 3 N–H and O–H groups in total. The predicted molar refractivity (Wildman–Crippen MR) is 355 cm³/mol. The smallest absolute Gasteiger partial charge is 0.387 e. The molecule has 0 aliphatic carbocycles. The van der Waals surface area contributed by atoms with E-state index in [1.807, 2.05) is 27.2 Å². The number of carbonyl (C=O) groups is 1. The quantitative estimate of drug-likeness (QED) is 0.0243. The number of phosphoric acid groups is 1. The molecule has 0 aliphatic heterocycles. The van der Waals surface area contributed by atoms with Crippen LogP contribution in [0, 0.1) is 0 Å². The molecular weight excluding hydrogens is 1020 g/mol. The lowest BCUT2D eigenvalue weighted by Gasteiger charge is -2.25. The summed E-state index contributed by atoms with van der Waals surface area (Å²) in [5, 5.41) is 14.0. The Kier molecular flexibility index (Phi) is 60.9. The number of amides is 1. The van der Waals surface area contributed by atoms with E-state index in [0.29, 0.717) is 17.4 Å². The normalized spacial score (nSPS) is 14.1. The minimum absolute atomic E-state index is 0.0611. The number of likely N-dealkylation sites (N-methyl/N-ethyl adjacent to an activating group) is 1. The molecule has 3 atom stereocenters. The molecule has 0 aromatic heterocycles. The minimum Gasteiger partial charge on any atom is -0.387 e. The maximum absolute atomic E-state index is 13.1. The van der Waals surface area contributed by atoms with Crippen LogP contribution in [0.3, 0.4) is 0 Å². The summed E-state index contributed by atoms with van der Waals surface area (Å²) in [4.78, 5) is 23.4. The van der Waals surface area contributed by atoms with Crippen molar-refractivity contribution in [1.29, 1.82) is 0 Å². The van der Waals surface area contributed by atoms with Crippen molar-refractivity contribution in [1.82, 2.24) is 5.32 Å². The van der Waals surface area contributed by atoms with Crippen LogP contribution >= 0.6 is 7.82 Å². The summed E-state index contributed by atoms with van der Waals surface area (Å²) >= 11 is 0. The van der Waals surface area contributed by atoms with Crippen molar-refractivity contribution in [2.75, 3.05) is 40.9 Å². The molecule has 1 amide bonds. The van der Waals surface area contributed by atoms with E-state index >= 15 is 0 Å². The summed E-state index contributed by atoms with van der Waals surface area (Å²) < 4.78 is 23.8. The molecule has 0 saturated heterocycles. The fourth-order valence-corrected chi connectivity index (χ4v) is 11.0. The molecule has 3 unspecified atom stereocenters. The molecule has 0 radical (unpaired) electrons. The van der Waals surface area contributed by atoms with Crippen LogP contribution in [0.15, 0.2) is 72.9 Å². The van der Waals surface area contributed by atoms with Crippen molar-refractivity contribution in [2.24, 2.45) is 0 Å². The van der Waals surface area contributed by atoms with E-state index in [1.54, 1.807) is 6.08 Å². The van der Waals surface area contributed by atoms with Gasteiger partial charge in [0.1, 0.15) is 13.2 Å². The fourth-order valence-electron chi connectivity index (χ4n) is 10.3. The second-order valence-corrected chi connectivity index (χ2v) is 26.3. The SMILES string of the molecule is CC/C=C\C/C=C\C/C=C\C/C=C\C/C=C\CCCCCCCCCCCCCCCCCCCC(=O)NC(COP(=O)(O)OCC[N+](C)(C)C)C(O)/C=C/CCCCCCCCCCCCCCCCCCCCCCCCCC. The molecule has 0 saturated carbocycles. The summed E-state index contributed by atoms with van der Waals surface area (Å²) in [6.07, 6.45) is 87.6. The number of nitrogens with one attached hydrogen (secondary N) is 1. The number of rotatable bonds is 64. The number of carbonyl (C=O) groups excluding carboxylic acids is 1. The molecule has 0 aliphatic rings. The van der Waals surface area contributed by atoms with Gasteiger partial charge in [0.2, 0.25) is 5.91 Å². The van der Waals surface area contributed by atoms with Crippen LogP contribution in [0.4, 0.5) is 0 Å². The van der Waals surface area contributed by atoms with Gasteiger partial charge in [0.15, 0.2) is 0 Å². The van der Waals surface area contributed by atoms with Gasteiger partial charge in [-0.3, -0.25) is 13.8 Å². The number of hydrogen-bond donors (Lipinski definition) is 3. The Balaban J connectivity index is 4.06. The second kappa shape index (κ2) is 62.5. The zero-order chi connectivity index (χ0) is 59.1. The Labute approximate surface area is 504 Å². The number of aliphatic hydroxyl groups is 1. The molecule has 0 aromatic carbocycles. The lowest BCUT2D eigenvalue weighted by atomic mass is 10.0. The van der Waals surface area contributed by atoms with Gasteiger partial charge in [0, 0.05) is 6.42 Å². The van der Waals surface area contributed by atoms with Gasteiger partial charge >= 0.3 is 7.82 Å². The van der Waals surface area contributed by atoms with E-state index in [1.165, 1.54) is 238 Å². The lowest BCUT2D eigenvalue weighted by molar-refractivity contribution is -0.870. The zero-order valence-corrected chi connectivity index (χ0v) is 55.2. The Hall–Kier alpha value is -2.06. The highest BCUT2D eigenvalue weighted by Crippen LogP contribution is 2.43. The van der Waals surface area contributed by atoms with Crippen molar-refractivity contribution in [3.63, 3.8) is 0 Å². The number of quaternary nitrogens is 1. The maximum atomic E-state index is 13.1. The lowest BCUT2D eigenvalue weighted by Crippen LogP contribution is -2.45. The van der Waals surface area contributed by atoms with E-state index in [9.17, 15) is 19.4 Å². The van der Waals surface area contributed by atoms with Gasteiger partial charge in [-0.2, -0.15) is 0 Å². The highest BCUT2D eigenvalue weighted by molar-refractivity contribution is 7.47. The van der Waals surface area contributed by atoms with E-state index in [0.717, 1.165) is 70.6 Å². The monoisotopic (exact) mass is 1160 g/mol. The van der Waals surface area contributed by atoms with E-state index in [2.05, 4.69) is 79.9 Å². The first-order valence-corrected chi connectivity index (χ1v) is 36.3. The van der Waals surface area contributed by atoms with Crippen molar-refractivity contribution in [3.8, 4) is 0 Å². The van der Waals surface area contributed by atoms with E-state index < -0.39 is 20.0 Å². The second-order valence-electron chi connectivity index (χ2n) is 24.9. The van der Waals surface area contributed by atoms with Crippen LogP contribution in [0.5, 0.6) is 0 Å². The molecule has 81 heavy (non-hydrogen) atoms. The van der Waals surface area contributed by atoms with Gasteiger partial charge in [-0.05, 0) is 64.2 Å². The molecule has 474 valence electrons. The number of nitrogens with zero attached hydrogens (tertiary/aromatic N) is 1. The molecule has 0 heterocycles. The fraction of sp³-hybridized carbons (Fsp3) is 0.819. The summed E-state index contributed by atoms with van der Waals surface area (Å²) in [7, 11) is 1.58. The van der Waals surface area contributed by atoms with Gasteiger partial charge in [0.25, 0.3) is 0 Å². The third kappa shape index (κ3) is 65.3. The van der Waals surface area contributed by atoms with Gasteiger partial charge in [0.05, 0.1) is 39.9 Å². The number of hydrogen-bond acceptors (Lipinski definition) is 5. The maximum Gasteiger partial charge on any atom is 0.472 e. The first-order chi connectivity index (χ1) is 39.5. The van der Waals surface area contributed by atoms with Crippen molar-refractivity contribution in [3.05, 3.63) is 72.9 Å². The Morgan fingerprint density at radius 3 is 1.09 bits per heavy atom. The third-order valence-electron chi connectivity index (χ3n) is 15.7. The van der Waals surface area contributed by atoms with Crippen LogP contribution in [0.25, 0.3) is 0 Å². The topological polar surface area (TPSA) is 105 Å². The van der Waals surface area contributed by atoms with Crippen molar-refractivity contribution in [2.45, 2.75) is 341 Å². The zero-order valence-electron chi connectivity index (χ0n) is 54.3. The van der Waals surface area contributed by atoms with Crippen LogP contribution in [0.1, 0.15) is 328 Å². The highest BCUT2D eigenvalue weighted by atomic mass is 31.2. The molecule has 0 bridgehead atoms. The number of unbranched alkanes of at least 4 members (excludes halogenated alkanes) is 41. The largest absolute Gasteiger partial charge is 0.472 e. The molecule has 0 spiro atoms. The van der Waals surface area contributed by atoms with Crippen LogP contribution in [-0.4, -0.2) is 73.4 Å². The Bertz CT molecular complexity index is 1550. The summed E-state index contributed by atoms with van der Waals surface area (Å²) in [5.74, 6) is -0.173.